The van der Waals surface area contributed by atoms with Gasteiger partial charge in [-0.2, -0.15) is 0 Å². The van der Waals surface area contributed by atoms with E-state index in [-0.39, 0.29) is 11.8 Å². The maximum Gasteiger partial charge on any atom is 0.265 e. The predicted octanol–water partition coefficient (Wildman–Crippen LogP) is 2.69. The zero-order chi connectivity index (χ0) is 19.4. The highest BCUT2D eigenvalue weighted by atomic mass is 32.1. The van der Waals surface area contributed by atoms with E-state index in [1.165, 1.54) is 11.3 Å². The van der Waals surface area contributed by atoms with Gasteiger partial charge in [0.1, 0.15) is 10.6 Å². The predicted molar refractivity (Wildman–Crippen MR) is 105 cm³/mol. The van der Waals surface area contributed by atoms with E-state index >= 15 is 0 Å². The minimum absolute atomic E-state index is 0.0292. The van der Waals surface area contributed by atoms with Crippen LogP contribution in [-0.4, -0.2) is 59.9 Å². The highest BCUT2D eigenvalue weighted by Gasteiger charge is 2.26. The van der Waals surface area contributed by atoms with Gasteiger partial charge in [-0.25, -0.2) is 4.98 Å². The number of methoxy groups -OCH3 is 1. The van der Waals surface area contributed by atoms with Crippen LogP contribution >= 0.6 is 11.3 Å². The molecule has 2 aromatic rings. The molecule has 0 radical (unpaired) electrons. The summed E-state index contributed by atoms with van der Waals surface area (Å²) in [6.07, 6.45) is 1.16. The Kier molecular flexibility index (Phi) is 6.11. The van der Waals surface area contributed by atoms with Crippen LogP contribution in [0.1, 0.15) is 32.4 Å². The zero-order valence-electron chi connectivity index (χ0n) is 16.0. The third-order valence-corrected chi connectivity index (χ3v) is 5.84. The Labute approximate surface area is 163 Å². The quantitative estimate of drug-likeness (QED) is 0.791. The number of rotatable bonds is 5. The molecule has 1 aromatic carbocycles. The molecule has 1 aliphatic heterocycles. The molecule has 0 atom stereocenters. The molecule has 144 valence electrons. The van der Waals surface area contributed by atoms with Crippen LogP contribution in [0.2, 0.25) is 0 Å². The Morgan fingerprint density at radius 3 is 2.48 bits per heavy atom. The second-order valence-electron chi connectivity index (χ2n) is 6.67. The number of aromatic nitrogens is 1. The second-order valence-corrected chi connectivity index (χ2v) is 7.88. The highest BCUT2D eigenvalue weighted by Crippen LogP contribution is 2.20. The average molecular weight is 388 g/mol. The number of carbonyl (C=O) groups is 2. The third kappa shape index (κ3) is 4.66. The molecule has 0 saturated carbocycles. The van der Waals surface area contributed by atoms with Crippen LogP contribution in [0.5, 0.6) is 5.75 Å². The Morgan fingerprint density at radius 2 is 1.85 bits per heavy atom. The molecular formula is C20H25N3O3S. The zero-order valence-corrected chi connectivity index (χ0v) is 16.8. The number of ether oxygens (including phenoxy) is 1. The van der Waals surface area contributed by atoms with Crippen molar-refractivity contribution in [2.45, 2.75) is 26.7 Å². The Morgan fingerprint density at radius 1 is 1.15 bits per heavy atom. The summed E-state index contributed by atoms with van der Waals surface area (Å²) >= 11 is 1.44. The lowest BCUT2D eigenvalue weighted by Gasteiger charge is -2.34. The summed E-state index contributed by atoms with van der Waals surface area (Å²) in [5, 5.41) is 0.905. The van der Waals surface area contributed by atoms with Gasteiger partial charge in [0.25, 0.3) is 5.91 Å². The lowest BCUT2D eigenvalue weighted by Crippen LogP contribution is -2.50. The van der Waals surface area contributed by atoms with Crippen molar-refractivity contribution in [3.63, 3.8) is 0 Å². The molecule has 6 nitrogen and oxygen atoms in total. The number of thiazole rings is 1. The van der Waals surface area contributed by atoms with E-state index in [0.717, 1.165) is 22.0 Å². The van der Waals surface area contributed by atoms with Gasteiger partial charge in [-0.05, 0) is 38.0 Å². The topological polar surface area (TPSA) is 62.7 Å². The molecule has 1 fully saturated rings. The van der Waals surface area contributed by atoms with Crippen LogP contribution in [-0.2, 0) is 11.2 Å². The van der Waals surface area contributed by atoms with Crippen molar-refractivity contribution in [2.75, 3.05) is 33.3 Å². The first-order chi connectivity index (χ1) is 13.0. The number of hydrogen-bond acceptors (Lipinski definition) is 5. The largest absolute Gasteiger partial charge is 0.497 e. The lowest BCUT2D eigenvalue weighted by atomic mass is 10.1. The van der Waals surface area contributed by atoms with Crippen LogP contribution in [0.15, 0.2) is 24.3 Å². The fourth-order valence-electron chi connectivity index (χ4n) is 3.27. The van der Waals surface area contributed by atoms with Gasteiger partial charge in [-0.15, -0.1) is 11.3 Å². The van der Waals surface area contributed by atoms with E-state index in [4.69, 9.17) is 4.74 Å². The smallest absolute Gasteiger partial charge is 0.265 e. The highest BCUT2D eigenvalue weighted by molar-refractivity contribution is 7.13. The molecule has 3 rings (SSSR count). The summed E-state index contributed by atoms with van der Waals surface area (Å²) in [4.78, 5) is 33.9. The van der Waals surface area contributed by atoms with E-state index in [0.29, 0.717) is 43.9 Å². The molecule has 1 saturated heterocycles. The molecule has 0 bridgehead atoms. The fraction of sp³-hybridized carbons (Fsp3) is 0.450. The molecule has 1 aromatic heterocycles. The first-order valence-electron chi connectivity index (χ1n) is 9.12. The van der Waals surface area contributed by atoms with Crippen LogP contribution in [0.25, 0.3) is 0 Å². The number of carbonyl (C=O) groups excluding carboxylic acids is 2. The summed E-state index contributed by atoms with van der Waals surface area (Å²) in [6, 6.07) is 7.80. The lowest BCUT2D eigenvalue weighted by molar-refractivity contribution is -0.132. The van der Waals surface area contributed by atoms with Crippen molar-refractivity contribution >= 4 is 23.2 Å². The normalized spacial score (nSPS) is 14.3. The van der Waals surface area contributed by atoms with Gasteiger partial charge in [-0.1, -0.05) is 12.1 Å². The number of benzene rings is 1. The van der Waals surface area contributed by atoms with Gasteiger partial charge in [0.05, 0.1) is 17.8 Å². The van der Waals surface area contributed by atoms with E-state index in [1.54, 1.807) is 7.11 Å². The average Bonchev–Trinajstić information content (AvgIpc) is 3.03. The SMILES string of the molecule is COc1cccc(CCC(=O)N2CCN(C(=O)c3sc(C)nc3C)CC2)c1. The monoisotopic (exact) mass is 387 g/mol. The number of amides is 2. The van der Waals surface area contributed by atoms with Crippen LogP contribution in [0, 0.1) is 13.8 Å². The van der Waals surface area contributed by atoms with Crippen molar-refractivity contribution < 1.29 is 14.3 Å². The molecule has 0 aliphatic carbocycles. The summed E-state index contributed by atoms with van der Waals surface area (Å²) in [7, 11) is 1.64. The number of hydrogen-bond donors (Lipinski definition) is 0. The first kappa shape index (κ1) is 19.4. The maximum absolute atomic E-state index is 12.7. The standard InChI is InChI=1S/C20H25N3O3S/c1-14-19(27-15(2)21-14)20(25)23-11-9-22(10-12-23)18(24)8-7-16-5-4-6-17(13-16)26-3/h4-6,13H,7-12H2,1-3H3. The molecule has 2 heterocycles. The molecule has 0 N–H and O–H groups in total. The van der Waals surface area contributed by atoms with Crippen molar-refractivity contribution in [1.82, 2.24) is 14.8 Å². The second kappa shape index (κ2) is 8.52. The van der Waals surface area contributed by atoms with Gasteiger partial charge in [0.2, 0.25) is 5.91 Å². The van der Waals surface area contributed by atoms with Crippen molar-refractivity contribution in [1.29, 1.82) is 0 Å². The van der Waals surface area contributed by atoms with Gasteiger partial charge in [-0.3, -0.25) is 9.59 Å². The van der Waals surface area contributed by atoms with Gasteiger partial charge >= 0.3 is 0 Å². The molecule has 7 heteroatoms. The van der Waals surface area contributed by atoms with Gasteiger partial charge < -0.3 is 14.5 Å². The van der Waals surface area contributed by atoms with Crippen molar-refractivity contribution in [3.05, 3.63) is 45.4 Å². The summed E-state index contributed by atoms with van der Waals surface area (Å²) < 4.78 is 5.22. The molecule has 1 aliphatic rings. The van der Waals surface area contributed by atoms with Gasteiger partial charge in [0.15, 0.2) is 0 Å². The number of nitrogens with zero attached hydrogens (tertiary/aromatic N) is 3. The molecule has 0 spiro atoms. The van der Waals surface area contributed by atoms with Crippen LogP contribution < -0.4 is 4.74 Å². The van der Waals surface area contributed by atoms with Crippen molar-refractivity contribution in [2.24, 2.45) is 0 Å². The minimum atomic E-state index is 0.0292. The van der Waals surface area contributed by atoms with Crippen LogP contribution in [0.3, 0.4) is 0 Å². The third-order valence-electron chi connectivity index (χ3n) is 4.78. The molecule has 27 heavy (non-hydrogen) atoms. The maximum atomic E-state index is 12.7. The van der Waals surface area contributed by atoms with Crippen molar-refractivity contribution in [3.8, 4) is 5.75 Å². The van der Waals surface area contributed by atoms with E-state index in [2.05, 4.69) is 4.98 Å². The molecule has 2 amide bonds. The number of piperazine rings is 1. The van der Waals surface area contributed by atoms with E-state index in [1.807, 2.05) is 47.9 Å². The first-order valence-corrected chi connectivity index (χ1v) is 9.93. The Balaban J connectivity index is 1.50. The van der Waals surface area contributed by atoms with Crippen LogP contribution in [0.4, 0.5) is 0 Å². The van der Waals surface area contributed by atoms with E-state index in [9.17, 15) is 9.59 Å². The minimum Gasteiger partial charge on any atom is -0.497 e. The Bertz CT molecular complexity index is 826. The number of aryl methyl sites for hydroxylation is 3. The van der Waals surface area contributed by atoms with Gasteiger partial charge in [0, 0.05) is 32.6 Å². The summed E-state index contributed by atoms with van der Waals surface area (Å²) in [6.45, 7) is 6.09. The van der Waals surface area contributed by atoms with E-state index < -0.39 is 0 Å². The Hall–Kier alpha value is -2.41. The molecular weight excluding hydrogens is 362 g/mol. The fourth-order valence-corrected chi connectivity index (χ4v) is 4.16. The summed E-state index contributed by atoms with van der Waals surface area (Å²) in [5.74, 6) is 0.969. The molecule has 0 unspecified atom stereocenters. The summed E-state index contributed by atoms with van der Waals surface area (Å²) in [5.41, 5.74) is 1.88.